The van der Waals surface area contributed by atoms with Crippen LogP contribution < -0.4 is 4.74 Å². The van der Waals surface area contributed by atoms with E-state index in [4.69, 9.17) is 18.5 Å². The molecule has 0 saturated carbocycles. The molecule has 0 amide bonds. The molecule has 5 nitrogen and oxygen atoms in total. The molecule has 0 bridgehead atoms. The van der Waals surface area contributed by atoms with E-state index >= 15 is 0 Å². The molecule has 1 aromatic carbocycles. The van der Waals surface area contributed by atoms with Gasteiger partial charge in [0.05, 0.1) is 0 Å². The van der Waals surface area contributed by atoms with Gasteiger partial charge in [0.1, 0.15) is 0 Å². The Hall–Kier alpha value is -0.230. The Labute approximate surface area is 116 Å². The van der Waals surface area contributed by atoms with E-state index in [0.29, 0.717) is 11.9 Å². The number of hydrogen-bond acceptors (Lipinski definition) is 5. The predicted octanol–water partition coefficient (Wildman–Crippen LogP) is 2.71. The second-order valence-corrected chi connectivity index (χ2v) is 7.06. The summed E-state index contributed by atoms with van der Waals surface area (Å²) in [5.41, 5.74) is 0.907. The Bertz CT molecular complexity index is 384. The molecule has 1 N–H and O–H groups in total. The number of halogens is 1. The predicted molar refractivity (Wildman–Crippen MR) is 74.9 cm³/mol. The topological polar surface area (TPSA) is 57.2 Å². The van der Waals surface area contributed by atoms with Crippen molar-refractivity contribution in [2.75, 3.05) is 28.1 Å². The zero-order chi connectivity index (χ0) is 13.6. The van der Waals surface area contributed by atoms with E-state index in [2.05, 4.69) is 15.9 Å². The summed E-state index contributed by atoms with van der Waals surface area (Å²) in [5.74, 6) is 0.681. The summed E-state index contributed by atoms with van der Waals surface area (Å²) in [4.78, 5) is 10.0. The first-order valence-corrected chi connectivity index (χ1v) is 8.04. The van der Waals surface area contributed by atoms with Gasteiger partial charge in [-0.2, -0.15) is 0 Å². The Morgan fingerprint density at radius 1 is 1.22 bits per heavy atom. The summed E-state index contributed by atoms with van der Waals surface area (Å²) in [5, 5.41) is 0. The summed E-state index contributed by atoms with van der Waals surface area (Å²) in [6.07, 6.45) is 0.350. The van der Waals surface area contributed by atoms with E-state index in [-0.39, 0.29) is 6.79 Å². The van der Waals surface area contributed by atoms with Crippen molar-refractivity contribution in [3.8, 4) is 5.75 Å². The second-order valence-electron chi connectivity index (χ2n) is 3.61. The van der Waals surface area contributed by atoms with Crippen LogP contribution in [-0.4, -0.2) is 33.0 Å². The first-order valence-electron chi connectivity index (χ1n) is 5.27. The third-order valence-corrected chi connectivity index (χ3v) is 5.14. The van der Waals surface area contributed by atoms with Gasteiger partial charge >= 0.3 is 116 Å². The molecule has 0 saturated heterocycles. The molecule has 0 aliphatic rings. The maximum atomic E-state index is 10.0. The van der Waals surface area contributed by atoms with Gasteiger partial charge in [-0.3, -0.25) is 0 Å². The maximum absolute atomic E-state index is 10.0. The van der Waals surface area contributed by atoms with Gasteiger partial charge in [0.15, 0.2) is 0 Å². The molecule has 0 heterocycles. The van der Waals surface area contributed by atoms with Crippen molar-refractivity contribution in [2.24, 2.45) is 0 Å². The molecule has 0 atom stereocenters. The Morgan fingerprint density at radius 3 is 2.39 bits per heavy atom. The van der Waals surface area contributed by atoms with E-state index < -0.39 is 7.94 Å². The number of ether oxygens (including phenoxy) is 2. The van der Waals surface area contributed by atoms with Crippen molar-refractivity contribution in [1.82, 2.24) is 0 Å². The van der Waals surface area contributed by atoms with Gasteiger partial charge in [-0.05, 0) is 0 Å². The van der Waals surface area contributed by atoms with Crippen LogP contribution in [0.15, 0.2) is 22.7 Å². The fourth-order valence-electron chi connectivity index (χ4n) is 1.38. The third kappa shape index (κ3) is 4.46. The molecule has 0 spiro atoms. The first-order chi connectivity index (χ1) is 8.54. The molecule has 0 fully saturated rings. The minimum absolute atomic E-state index is 0.187. The third-order valence-electron chi connectivity index (χ3n) is 2.39. The number of rotatable bonds is 7. The van der Waals surface area contributed by atoms with Gasteiger partial charge in [-0.25, -0.2) is 0 Å². The van der Waals surface area contributed by atoms with E-state index in [0.717, 1.165) is 10.0 Å². The zero-order valence-corrected chi connectivity index (χ0v) is 13.2. The first kappa shape index (κ1) is 15.8. The molecule has 7 heteroatoms. The Balaban J connectivity index is 2.78. The van der Waals surface area contributed by atoms with Crippen LogP contribution >= 0.6 is 23.9 Å². The fourth-order valence-corrected chi connectivity index (χ4v) is 3.11. The normalized spacial score (nSPS) is 12.5. The van der Waals surface area contributed by atoms with Gasteiger partial charge in [0, 0.05) is 0 Å². The van der Waals surface area contributed by atoms with Gasteiger partial charge in [-0.1, -0.05) is 0 Å². The van der Waals surface area contributed by atoms with E-state index in [1.54, 1.807) is 13.2 Å². The zero-order valence-electron chi connectivity index (χ0n) is 10.6. The van der Waals surface area contributed by atoms with Crippen LogP contribution in [0, 0.1) is 0 Å². The van der Waals surface area contributed by atoms with Crippen LogP contribution in [0.4, 0.5) is 0 Å². The van der Waals surface area contributed by atoms with Gasteiger partial charge in [-0.15, -0.1) is 0 Å². The molecule has 1 rings (SSSR count). The summed E-state index contributed by atoms with van der Waals surface area (Å²) in [6.45, 7) is 0.187. The van der Waals surface area contributed by atoms with E-state index in [9.17, 15) is 4.89 Å². The monoisotopic (exact) mass is 340 g/mol. The van der Waals surface area contributed by atoms with Crippen LogP contribution in [0.5, 0.6) is 5.75 Å². The van der Waals surface area contributed by atoms with Crippen LogP contribution in [0.25, 0.3) is 0 Å². The van der Waals surface area contributed by atoms with Crippen molar-refractivity contribution in [3.63, 3.8) is 0 Å². The molecule has 104 valence electrons. The van der Waals surface area contributed by atoms with E-state index in [1.807, 2.05) is 12.1 Å². The van der Waals surface area contributed by atoms with Crippen LogP contribution in [0.1, 0.15) is 5.56 Å². The van der Waals surface area contributed by atoms with Gasteiger partial charge < -0.3 is 0 Å². The molecular weight excluding hydrogens is 323 g/mol. The van der Waals surface area contributed by atoms with Gasteiger partial charge in [0.2, 0.25) is 0 Å². The second kappa shape index (κ2) is 7.38. The van der Waals surface area contributed by atoms with Crippen molar-refractivity contribution >= 4 is 23.9 Å². The Kier molecular flexibility index (Phi) is 6.49. The molecule has 0 aliphatic heterocycles. The molecule has 0 unspecified atom stereocenters. The van der Waals surface area contributed by atoms with Crippen LogP contribution in [0.2, 0.25) is 0 Å². The van der Waals surface area contributed by atoms with Crippen LogP contribution in [-0.2, 0) is 19.9 Å². The standard InChI is InChI=1S/C11H18BrO5P/c1-14-8-17-11-5-4-9(6-10(11)12)7-18(13,15-2)16-3/h4-6,13,18H,7-8H2,1-3H3. The van der Waals surface area contributed by atoms with Crippen molar-refractivity contribution in [3.05, 3.63) is 28.2 Å². The molecule has 18 heavy (non-hydrogen) atoms. The SMILES string of the molecule is COCOc1ccc(C[PH](O)(OC)OC)cc1Br. The minimum atomic E-state index is -3.09. The quantitative estimate of drug-likeness (QED) is 0.611. The molecule has 0 aliphatic carbocycles. The number of methoxy groups -OCH3 is 1. The summed E-state index contributed by atoms with van der Waals surface area (Å²) in [6, 6.07) is 5.52. The summed E-state index contributed by atoms with van der Waals surface area (Å²) in [7, 11) is 1.36. The summed E-state index contributed by atoms with van der Waals surface area (Å²) < 4.78 is 21.0. The van der Waals surface area contributed by atoms with Crippen molar-refractivity contribution in [2.45, 2.75) is 6.16 Å². The van der Waals surface area contributed by atoms with E-state index in [1.165, 1.54) is 14.2 Å². The van der Waals surface area contributed by atoms with Crippen molar-refractivity contribution < 1.29 is 23.4 Å². The molecule has 0 aromatic heterocycles. The molecular formula is C11H18BrO5P. The van der Waals surface area contributed by atoms with Crippen LogP contribution in [0.3, 0.4) is 0 Å². The average molecular weight is 341 g/mol. The van der Waals surface area contributed by atoms with Gasteiger partial charge in [0.25, 0.3) is 0 Å². The Morgan fingerprint density at radius 2 is 1.89 bits per heavy atom. The molecule has 1 aromatic rings. The summed E-state index contributed by atoms with van der Waals surface area (Å²) >= 11 is 3.40. The average Bonchev–Trinajstić information content (AvgIpc) is 2.37. The fraction of sp³-hybridized carbons (Fsp3) is 0.455. The van der Waals surface area contributed by atoms with Crippen molar-refractivity contribution in [1.29, 1.82) is 0 Å². The number of benzene rings is 1. The molecule has 0 radical (unpaired) electrons. The number of hydrogen-bond donors (Lipinski definition) is 1.